The Morgan fingerprint density at radius 3 is 2.82 bits per heavy atom. The van der Waals surface area contributed by atoms with E-state index in [1.54, 1.807) is 0 Å². The van der Waals surface area contributed by atoms with Crippen LogP contribution in [0.1, 0.15) is 19.5 Å². The summed E-state index contributed by atoms with van der Waals surface area (Å²) in [5, 5.41) is 4.48. The highest BCUT2D eigenvalue weighted by Crippen LogP contribution is 2.17. The molecule has 2 rings (SSSR count). The molecule has 0 amide bonds. The first-order valence-electron chi connectivity index (χ1n) is 5.91. The van der Waals surface area contributed by atoms with Gasteiger partial charge in [-0.2, -0.15) is 5.10 Å². The van der Waals surface area contributed by atoms with E-state index < -0.39 is 0 Å². The van der Waals surface area contributed by atoms with Crippen molar-refractivity contribution in [2.24, 2.45) is 7.05 Å². The molecule has 17 heavy (non-hydrogen) atoms. The molecular formula is C11H18N4OS. The van der Waals surface area contributed by atoms with Crippen LogP contribution in [-0.2, 0) is 24.8 Å². The molecule has 0 saturated heterocycles. The Hall–Kier alpha value is -1.14. The van der Waals surface area contributed by atoms with Crippen molar-refractivity contribution in [3.05, 3.63) is 10.5 Å². The smallest absolute Gasteiger partial charge is 0.179 e. The van der Waals surface area contributed by atoms with Crippen LogP contribution in [0.25, 0.3) is 11.2 Å². The van der Waals surface area contributed by atoms with E-state index in [2.05, 4.69) is 17.0 Å². The number of ether oxygens (including phenoxy) is 1. The molecule has 0 aliphatic rings. The average molecular weight is 254 g/mol. The number of nitrogens with one attached hydrogen (secondary N) is 1. The van der Waals surface area contributed by atoms with E-state index in [-0.39, 0.29) is 0 Å². The lowest BCUT2D eigenvalue weighted by Gasteiger charge is -2.04. The average Bonchev–Trinajstić information content (AvgIpc) is 2.78. The Kier molecular flexibility index (Phi) is 3.63. The topological polar surface area (TPSA) is 47.8 Å². The molecule has 0 aromatic carbocycles. The predicted molar refractivity (Wildman–Crippen MR) is 69.8 cm³/mol. The minimum absolute atomic E-state index is 0.671. The van der Waals surface area contributed by atoms with Gasteiger partial charge in [0.05, 0.1) is 18.8 Å². The number of aromatic nitrogens is 4. The zero-order valence-electron chi connectivity index (χ0n) is 10.5. The fraction of sp³-hybridized carbons (Fsp3) is 0.636. The molecule has 6 heteroatoms. The van der Waals surface area contributed by atoms with Crippen LogP contribution in [0.5, 0.6) is 0 Å². The van der Waals surface area contributed by atoms with Crippen molar-refractivity contribution in [1.29, 1.82) is 0 Å². The molecule has 0 bridgehead atoms. The van der Waals surface area contributed by atoms with E-state index in [1.165, 1.54) is 0 Å². The molecule has 0 aliphatic carbocycles. The molecule has 0 aliphatic heterocycles. The summed E-state index contributed by atoms with van der Waals surface area (Å²) in [5.74, 6) is 0. The van der Waals surface area contributed by atoms with Gasteiger partial charge in [-0.1, -0.05) is 6.92 Å². The van der Waals surface area contributed by atoms with E-state index >= 15 is 0 Å². The van der Waals surface area contributed by atoms with Gasteiger partial charge in [0, 0.05) is 13.7 Å². The number of H-pyrrole nitrogens is 1. The third-order valence-electron chi connectivity index (χ3n) is 2.82. The molecule has 0 saturated carbocycles. The number of imidazole rings is 1. The van der Waals surface area contributed by atoms with Gasteiger partial charge in [0.25, 0.3) is 0 Å². The van der Waals surface area contributed by atoms with Crippen LogP contribution in [0, 0.1) is 4.77 Å². The molecule has 0 radical (unpaired) electrons. The second-order valence-electron chi connectivity index (χ2n) is 3.90. The van der Waals surface area contributed by atoms with Crippen molar-refractivity contribution in [2.75, 3.05) is 13.2 Å². The number of aryl methyl sites for hydroxylation is 2. The van der Waals surface area contributed by atoms with Gasteiger partial charge < -0.3 is 9.72 Å². The minimum atomic E-state index is 0.671. The molecule has 0 atom stereocenters. The maximum absolute atomic E-state index is 5.37. The monoisotopic (exact) mass is 254 g/mol. The van der Waals surface area contributed by atoms with Crippen LogP contribution in [0.2, 0.25) is 0 Å². The van der Waals surface area contributed by atoms with Crippen molar-refractivity contribution in [1.82, 2.24) is 19.3 Å². The summed E-state index contributed by atoms with van der Waals surface area (Å²) >= 11 is 5.33. The largest absolute Gasteiger partial charge is 0.380 e. The highest BCUT2D eigenvalue weighted by atomic mass is 32.1. The van der Waals surface area contributed by atoms with Gasteiger partial charge in [-0.25, -0.2) is 0 Å². The Morgan fingerprint density at radius 2 is 2.18 bits per heavy atom. The van der Waals surface area contributed by atoms with Crippen LogP contribution in [0.15, 0.2) is 0 Å². The summed E-state index contributed by atoms with van der Waals surface area (Å²) in [4.78, 5) is 3.23. The molecule has 94 valence electrons. The SMILES string of the molecule is CCOCCn1c(=S)[nH]c2c(CC)nn(C)c21. The lowest BCUT2D eigenvalue weighted by molar-refractivity contribution is 0.139. The summed E-state index contributed by atoms with van der Waals surface area (Å²) in [7, 11) is 1.95. The molecule has 0 spiro atoms. The van der Waals surface area contributed by atoms with Gasteiger partial charge in [0.2, 0.25) is 0 Å². The zero-order chi connectivity index (χ0) is 12.4. The van der Waals surface area contributed by atoms with Crippen LogP contribution in [0.4, 0.5) is 0 Å². The van der Waals surface area contributed by atoms with Crippen LogP contribution < -0.4 is 0 Å². The maximum atomic E-state index is 5.37. The summed E-state index contributed by atoms with van der Waals surface area (Å²) in [5.41, 5.74) is 3.16. The normalized spacial score (nSPS) is 11.5. The molecular weight excluding hydrogens is 236 g/mol. The summed E-state index contributed by atoms with van der Waals surface area (Å²) in [6.45, 7) is 6.24. The quantitative estimate of drug-likeness (QED) is 0.656. The van der Waals surface area contributed by atoms with Gasteiger partial charge in [-0.15, -0.1) is 0 Å². The standard InChI is InChI=1S/C11H18N4OS/c1-4-8-9-10(14(3)13-8)15(11(17)12-9)6-7-16-5-2/h4-7H2,1-3H3,(H,12,17). The maximum Gasteiger partial charge on any atom is 0.179 e. The fourth-order valence-corrected chi connectivity index (χ4v) is 2.31. The second-order valence-corrected chi connectivity index (χ2v) is 4.29. The fourth-order valence-electron chi connectivity index (χ4n) is 2.03. The van der Waals surface area contributed by atoms with E-state index in [1.807, 2.05) is 23.2 Å². The Labute approximate surface area is 105 Å². The predicted octanol–water partition coefficient (Wildman–Crippen LogP) is 2.03. The Morgan fingerprint density at radius 1 is 1.41 bits per heavy atom. The minimum Gasteiger partial charge on any atom is -0.380 e. The summed E-state index contributed by atoms with van der Waals surface area (Å²) in [6, 6.07) is 0. The zero-order valence-corrected chi connectivity index (χ0v) is 11.3. The summed E-state index contributed by atoms with van der Waals surface area (Å²) < 4.78 is 10.0. The van der Waals surface area contributed by atoms with Crippen molar-refractivity contribution in [3.8, 4) is 0 Å². The molecule has 0 unspecified atom stereocenters. The van der Waals surface area contributed by atoms with Gasteiger partial charge >= 0.3 is 0 Å². The van der Waals surface area contributed by atoms with Crippen molar-refractivity contribution in [2.45, 2.75) is 26.8 Å². The van der Waals surface area contributed by atoms with E-state index in [0.717, 1.165) is 41.2 Å². The molecule has 2 heterocycles. The van der Waals surface area contributed by atoms with Gasteiger partial charge in [-0.3, -0.25) is 9.25 Å². The Balaban J connectivity index is 2.44. The number of hydrogen-bond donors (Lipinski definition) is 1. The Bertz CT molecular complexity index is 566. The molecule has 0 fully saturated rings. The van der Waals surface area contributed by atoms with E-state index in [9.17, 15) is 0 Å². The van der Waals surface area contributed by atoms with Gasteiger partial charge in [0.15, 0.2) is 10.4 Å². The van der Waals surface area contributed by atoms with E-state index in [4.69, 9.17) is 17.0 Å². The first kappa shape index (κ1) is 12.3. The lowest BCUT2D eigenvalue weighted by atomic mass is 10.3. The number of hydrogen-bond acceptors (Lipinski definition) is 3. The third kappa shape index (κ3) is 2.14. The number of fused-ring (bicyclic) bond motifs is 1. The number of rotatable bonds is 5. The first-order chi connectivity index (χ1) is 8.19. The molecule has 1 N–H and O–H groups in total. The van der Waals surface area contributed by atoms with Crippen LogP contribution in [0.3, 0.4) is 0 Å². The summed E-state index contributed by atoms with van der Waals surface area (Å²) in [6.07, 6.45) is 0.901. The lowest BCUT2D eigenvalue weighted by Crippen LogP contribution is -2.08. The highest BCUT2D eigenvalue weighted by Gasteiger charge is 2.13. The van der Waals surface area contributed by atoms with Gasteiger partial charge in [0.1, 0.15) is 5.52 Å². The number of aromatic amines is 1. The van der Waals surface area contributed by atoms with Crippen LogP contribution in [-0.4, -0.2) is 32.5 Å². The van der Waals surface area contributed by atoms with Crippen molar-refractivity contribution < 1.29 is 4.74 Å². The molecule has 2 aromatic rings. The van der Waals surface area contributed by atoms with Gasteiger partial charge in [-0.05, 0) is 25.6 Å². The highest BCUT2D eigenvalue weighted by molar-refractivity contribution is 7.71. The molecule has 5 nitrogen and oxygen atoms in total. The van der Waals surface area contributed by atoms with Crippen molar-refractivity contribution >= 4 is 23.4 Å². The van der Waals surface area contributed by atoms with Crippen molar-refractivity contribution in [3.63, 3.8) is 0 Å². The van der Waals surface area contributed by atoms with Crippen LogP contribution >= 0.6 is 12.2 Å². The third-order valence-corrected chi connectivity index (χ3v) is 3.14. The molecule has 2 aromatic heterocycles. The number of nitrogens with zero attached hydrogens (tertiary/aromatic N) is 3. The second kappa shape index (κ2) is 5.01. The van der Waals surface area contributed by atoms with E-state index in [0.29, 0.717) is 6.61 Å². The first-order valence-corrected chi connectivity index (χ1v) is 6.32.